The maximum Gasteiger partial charge on any atom is 0.312 e. The molecule has 7 unspecified atom stereocenters. The molecule has 0 spiro atoms. The third-order valence-corrected chi connectivity index (χ3v) is 15.6. The van der Waals surface area contributed by atoms with Crippen LogP contribution in [0.15, 0.2) is 0 Å². The summed E-state index contributed by atoms with van der Waals surface area (Å²) in [6.07, 6.45) is 12.4. The Kier molecular flexibility index (Phi) is 28.1. The highest BCUT2D eigenvalue weighted by Gasteiger charge is 2.65. The van der Waals surface area contributed by atoms with Gasteiger partial charge in [-0.15, -0.1) is 0 Å². The Balaban J connectivity index is -0.000000259. The monoisotopic (exact) mass is 933 g/mol. The zero-order valence-corrected chi connectivity index (χ0v) is 36.9. The zero-order chi connectivity index (χ0) is 41.9. The predicted octanol–water partition coefficient (Wildman–Crippen LogP) is 14.4. The number of rotatable bonds is 10. The number of hydrogen-bond donors (Lipinski definition) is 2. The Morgan fingerprint density at radius 2 is 1.09 bits per heavy atom. The first-order valence-electron chi connectivity index (χ1n) is 22.1. The molecule has 1 heterocycles. The molecule has 1 aliphatic heterocycles. The Labute approximate surface area is 403 Å². The summed E-state index contributed by atoms with van der Waals surface area (Å²) in [7, 11) is 0. The number of carbonyl (C=O) groups is 4. The van der Waals surface area contributed by atoms with Crippen molar-refractivity contribution in [3.63, 3.8) is 0 Å². The van der Waals surface area contributed by atoms with Crippen molar-refractivity contribution in [2.24, 2.45) is 51.8 Å². The van der Waals surface area contributed by atoms with Gasteiger partial charge in [0.25, 0.3) is 0 Å². The normalized spacial score (nSPS) is 32.9. The third-order valence-electron chi connectivity index (χ3n) is 15.6. The fraction of sp³-hybridized carbons (Fsp3) is 0.927. The fourth-order valence-electron chi connectivity index (χ4n) is 10.9. The van der Waals surface area contributed by atoms with E-state index in [4.69, 9.17) is 18.9 Å². The Bertz CT molecular complexity index is 1450. The van der Waals surface area contributed by atoms with Gasteiger partial charge in [-0.1, -0.05) is 107 Å². The smallest absolute Gasteiger partial charge is 0.312 e. The van der Waals surface area contributed by atoms with Crippen LogP contribution in [0, 0.1) is 51.8 Å². The van der Waals surface area contributed by atoms with Crippen LogP contribution < -0.4 is 0 Å². The van der Waals surface area contributed by atoms with E-state index in [1.54, 1.807) is 0 Å². The summed E-state index contributed by atoms with van der Waals surface area (Å²) >= 11 is 0. The van der Waals surface area contributed by atoms with E-state index in [9.17, 15) is 29.4 Å². The van der Waals surface area contributed by atoms with Gasteiger partial charge in [-0.3, -0.25) is 19.2 Å². The quantitative estimate of drug-likeness (QED) is 0.160. The molecule has 7 saturated carbocycles. The number of ether oxygens (including phenoxy) is 4. The average Bonchev–Trinajstić information content (AvgIpc) is 3.72. The van der Waals surface area contributed by atoms with E-state index >= 15 is 0 Å². The molecule has 10 heteroatoms. The molecule has 8 rings (SSSR count). The van der Waals surface area contributed by atoms with Crippen molar-refractivity contribution in [1.82, 2.24) is 0 Å². The van der Waals surface area contributed by atoms with Crippen LogP contribution in [0.2, 0.25) is 0 Å². The lowest BCUT2D eigenvalue weighted by Gasteiger charge is -2.62. The largest absolute Gasteiger partial charge is 0.459 e. The van der Waals surface area contributed by atoms with Crippen molar-refractivity contribution in [1.29, 1.82) is 0 Å². The van der Waals surface area contributed by atoms with Crippen molar-refractivity contribution >= 4 is 23.9 Å². The van der Waals surface area contributed by atoms with Crippen molar-refractivity contribution < 1.29 is 48.3 Å². The van der Waals surface area contributed by atoms with Crippen LogP contribution >= 0.6 is 0 Å². The molecule has 1 saturated heterocycles. The van der Waals surface area contributed by atoms with Crippen molar-refractivity contribution in [3.05, 3.63) is 0 Å². The average molecular weight is 933 g/mol. The lowest BCUT2D eigenvalue weighted by Crippen LogP contribution is -2.67. The summed E-state index contributed by atoms with van der Waals surface area (Å²) in [5.74, 6) is 1.83. The van der Waals surface area contributed by atoms with Gasteiger partial charge in [0.15, 0.2) is 0 Å². The van der Waals surface area contributed by atoms with Gasteiger partial charge >= 0.3 is 23.9 Å². The lowest BCUT2D eigenvalue weighted by molar-refractivity contribution is -0.264. The van der Waals surface area contributed by atoms with Gasteiger partial charge in [0.05, 0.1) is 33.4 Å². The molecule has 10 nitrogen and oxygen atoms in total. The van der Waals surface area contributed by atoms with Gasteiger partial charge in [0, 0.05) is 31.1 Å². The molecule has 65 heavy (non-hydrogen) atoms. The zero-order valence-electron chi connectivity index (χ0n) is 36.9. The lowest BCUT2D eigenvalue weighted by atomic mass is 9.50. The molecular formula is C55H112O10. The summed E-state index contributed by atoms with van der Waals surface area (Å²) in [4.78, 5) is 48.3. The highest BCUT2D eigenvalue weighted by atomic mass is 16.6. The molecule has 0 radical (unpaired) electrons. The minimum Gasteiger partial charge on any atom is -0.459 e. The van der Waals surface area contributed by atoms with Crippen LogP contribution in [0.3, 0.4) is 0 Å². The van der Waals surface area contributed by atoms with Gasteiger partial charge < -0.3 is 29.2 Å². The molecule has 0 aromatic rings. The van der Waals surface area contributed by atoms with Crippen molar-refractivity contribution in [2.45, 2.75) is 281 Å². The summed E-state index contributed by atoms with van der Waals surface area (Å²) in [6.45, 7) is 24.0. The van der Waals surface area contributed by atoms with E-state index in [-0.39, 0.29) is 126 Å². The maximum absolute atomic E-state index is 12.4. The number of carbonyl (C=O) groups excluding carboxylic acids is 4. The van der Waals surface area contributed by atoms with Gasteiger partial charge in [0.1, 0.15) is 23.4 Å². The number of fused-ring (bicyclic) bond motifs is 1. The summed E-state index contributed by atoms with van der Waals surface area (Å²) in [6, 6.07) is 0. The molecule has 2 N–H and O–H groups in total. The van der Waals surface area contributed by atoms with Crippen LogP contribution in [0.25, 0.3) is 0 Å². The first kappa shape index (κ1) is 71.8. The van der Waals surface area contributed by atoms with Crippen LogP contribution in [-0.2, 0) is 38.1 Å². The standard InChI is InChI=1S/C16H26O4.C16H30O2.C14H20O4.9CH4/c1-4-13(2,3)12(17)20-16-7-11-5-14(18,9-16)8-15(19,6-11)10-16;1-7-15(3,4)14(17)18-16(5,6)13-10-8-12(2)9-11-13;1-4-14(2,3)13(16)18-10-7-5-8-9(6-7)12(15)17-11(8)10;;;;;;;;;/h11,18-19H,4-10H2,1-3H3;12-13H,7-11H2,1-6H3;7-11H,4-6H2,1-3H3;9*1H4. The van der Waals surface area contributed by atoms with E-state index in [1.165, 1.54) is 25.7 Å². The number of esters is 4. The summed E-state index contributed by atoms with van der Waals surface area (Å²) in [5.41, 5.74) is -3.97. The second-order valence-electron chi connectivity index (χ2n) is 22.0. The SMILES string of the molecule is C.C.C.C.C.C.C.C.C.CCC(C)(C)C(=O)OC(C)(C)C1CCC(C)CC1.CCC(C)(C)C(=O)OC12CC3CC(O)(CC(O)(C3)C1)C2.CCC(C)(C)C(=O)OC1C2CC3C(=O)OC1C3C2. The van der Waals surface area contributed by atoms with Gasteiger partial charge in [-0.2, -0.15) is 0 Å². The molecule has 0 aromatic heterocycles. The molecule has 8 aliphatic rings. The van der Waals surface area contributed by atoms with Gasteiger partial charge in [0.2, 0.25) is 0 Å². The molecular weight excluding hydrogens is 821 g/mol. The highest BCUT2D eigenvalue weighted by molar-refractivity contribution is 5.79. The van der Waals surface area contributed by atoms with E-state index in [0.717, 1.165) is 57.3 Å². The van der Waals surface area contributed by atoms with Crippen LogP contribution in [0.1, 0.15) is 246 Å². The Morgan fingerprint density at radius 3 is 1.54 bits per heavy atom. The van der Waals surface area contributed by atoms with Gasteiger partial charge in [-0.25, -0.2) is 0 Å². The summed E-state index contributed by atoms with van der Waals surface area (Å²) < 4.78 is 22.8. The van der Waals surface area contributed by atoms with Crippen LogP contribution in [0.5, 0.6) is 0 Å². The fourth-order valence-corrected chi connectivity index (χ4v) is 10.9. The first-order valence-corrected chi connectivity index (χ1v) is 22.1. The molecule has 392 valence electrons. The minimum atomic E-state index is -0.842. The molecule has 0 aromatic carbocycles. The second kappa shape index (κ2) is 25.4. The highest BCUT2D eigenvalue weighted by Crippen LogP contribution is 2.61. The third kappa shape index (κ3) is 15.4. The van der Waals surface area contributed by atoms with Crippen molar-refractivity contribution in [2.75, 3.05) is 0 Å². The van der Waals surface area contributed by atoms with E-state index < -0.39 is 27.6 Å². The molecule has 8 fully saturated rings. The predicted molar refractivity (Wildman–Crippen MR) is 273 cm³/mol. The molecule has 7 atom stereocenters. The van der Waals surface area contributed by atoms with Crippen LogP contribution in [0.4, 0.5) is 0 Å². The number of hydrogen-bond acceptors (Lipinski definition) is 10. The second-order valence-corrected chi connectivity index (χ2v) is 22.0. The summed E-state index contributed by atoms with van der Waals surface area (Å²) in [5, 5.41) is 21.3. The van der Waals surface area contributed by atoms with Crippen LogP contribution in [-0.4, -0.2) is 68.7 Å². The molecule has 6 bridgehead atoms. The van der Waals surface area contributed by atoms with Gasteiger partial charge in [-0.05, 0) is 137 Å². The Hall–Kier alpha value is -2.20. The van der Waals surface area contributed by atoms with Crippen molar-refractivity contribution in [3.8, 4) is 0 Å². The minimum absolute atomic E-state index is 0. The number of aliphatic hydroxyl groups is 2. The first-order chi connectivity index (χ1) is 25.7. The maximum atomic E-state index is 12.4. The molecule has 0 amide bonds. The topological polar surface area (TPSA) is 146 Å². The van der Waals surface area contributed by atoms with E-state index in [0.29, 0.717) is 37.0 Å². The van der Waals surface area contributed by atoms with E-state index in [2.05, 4.69) is 20.8 Å². The Morgan fingerprint density at radius 1 is 0.646 bits per heavy atom. The van der Waals surface area contributed by atoms with E-state index in [1.807, 2.05) is 62.3 Å². The molecule has 7 aliphatic carbocycles.